The molecule has 0 saturated carbocycles. The van der Waals surface area contributed by atoms with E-state index in [1.165, 1.54) is 0 Å². The minimum atomic E-state index is -0.806. The van der Waals surface area contributed by atoms with Crippen LogP contribution in [0, 0.1) is 0 Å². The molecule has 20 heavy (non-hydrogen) atoms. The fourth-order valence-corrected chi connectivity index (χ4v) is 2.98. The largest absolute Gasteiger partial charge is 0.480 e. The molecule has 6 nitrogen and oxygen atoms in total. The summed E-state index contributed by atoms with van der Waals surface area (Å²) in [5.74, 6) is -0.0730. The smallest absolute Gasteiger partial charge is 0.322 e. The van der Waals surface area contributed by atoms with E-state index < -0.39 is 12.0 Å². The van der Waals surface area contributed by atoms with Crippen molar-refractivity contribution in [3.05, 3.63) is 29.3 Å². The number of rotatable bonds is 4. The summed E-state index contributed by atoms with van der Waals surface area (Å²) < 4.78 is 5.32. The van der Waals surface area contributed by atoms with Crippen molar-refractivity contribution in [2.24, 2.45) is 0 Å². The van der Waals surface area contributed by atoms with Crippen LogP contribution in [0.15, 0.2) is 28.1 Å². The average Bonchev–Trinajstić information content (AvgIpc) is 3.09. The van der Waals surface area contributed by atoms with Gasteiger partial charge in [0, 0.05) is 32.2 Å². The summed E-state index contributed by atoms with van der Waals surface area (Å²) in [7, 11) is 0. The fourth-order valence-electron chi connectivity index (χ4n) is 2.31. The Morgan fingerprint density at radius 3 is 3.30 bits per heavy atom. The topological polar surface area (TPSA) is 78.6 Å². The predicted molar refractivity (Wildman–Crippen MR) is 74.5 cm³/mol. The van der Waals surface area contributed by atoms with Gasteiger partial charge in [-0.2, -0.15) is 0 Å². The SMILES string of the molecule is O=C(O)C1CNCCN1Cc1cc(-c2cccs2)on1. The Bertz CT molecular complexity index is 581. The summed E-state index contributed by atoms with van der Waals surface area (Å²) >= 11 is 1.59. The third-order valence-electron chi connectivity index (χ3n) is 3.33. The number of nitrogens with zero attached hydrogens (tertiary/aromatic N) is 2. The van der Waals surface area contributed by atoms with E-state index in [9.17, 15) is 9.90 Å². The highest BCUT2D eigenvalue weighted by Crippen LogP contribution is 2.25. The van der Waals surface area contributed by atoms with E-state index in [1.807, 2.05) is 28.5 Å². The maximum absolute atomic E-state index is 11.2. The molecule has 2 aromatic heterocycles. The maximum atomic E-state index is 11.2. The minimum Gasteiger partial charge on any atom is -0.480 e. The zero-order valence-electron chi connectivity index (χ0n) is 10.8. The molecule has 1 atom stereocenters. The van der Waals surface area contributed by atoms with Gasteiger partial charge in [-0.15, -0.1) is 11.3 Å². The second-order valence-corrected chi connectivity index (χ2v) is 5.64. The first kappa shape index (κ1) is 13.3. The zero-order valence-corrected chi connectivity index (χ0v) is 11.6. The molecular formula is C13H15N3O3S. The molecule has 0 spiro atoms. The van der Waals surface area contributed by atoms with Crippen molar-refractivity contribution in [1.82, 2.24) is 15.4 Å². The monoisotopic (exact) mass is 293 g/mol. The number of carbonyl (C=O) groups is 1. The zero-order chi connectivity index (χ0) is 13.9. The predicted octanol–water partition coefficient (Wildman–Crippen LogP) is 1.26. The maximum Gasteiger partial charge on any atom is 0.322 e. The first-order chi connectivity index (χ1) is 9.74. The van der Waals surface area contributed by atoms with Gasteiger partial charge in [-0.25, -0.2) is 0 Å². The van der Waals surface area contributed by atoms with Gasteiger partial charge in [0.25, 0.3) is 0 Å². The lowest BCUT2D eigenvalue weighted by atomic mass is 10.2. The minimum absolute atomic E-state index is 0.463. The lowest BCUT2D eigenvalue weighted by Crippen LogP contribution is -2.54. The van der Waals surface area contributed by atoms with E-state index in [0.717, 1.165) is 22.9 Å². The van der Waals surface area contributed by atoms with Crippen LogP contribution in [0.25, 0.3) is 10.6 Å². The molecular weight excluding hydrogens is 278 g/mol. The summed E-state index contributed by atoms with van der Waals surface area (Å²) in [5.41, 5.74) is 0.765. The van der Waals surface area contributed by atoms with Gasteiger partial charge in [-0.3, -0.25) is 9.69 Å². The molecule has 0 aliphatic carbocycles. The molecule has 7 heteroatoms. The molecule has 2 N–H and O–H groups in total. The molecule has 0 bridgehead atoms. The van der Waals surface area contributed by atoms with E-state index in [2.05, 4.69) is 10.5 Å². The summed E-state index contributed by atoms with van der Waals surface area (Å²) in [6, 6.07) is 5.30. The van der Waals surface area contributed by atoms with Gasteiger partial charge in [0.05, 0.1) is 10.6 Å². The molecule has 1 aliphatic heterocycles. The quantitative estimate of drug-likeness (QED) is 0.883. The van der Waals surface area contributed by atoms with Gasteiger partial charge in [0.2, 0.25) is 0 Å². The number of thiophene rings is 1. The van der Waals surface area contributed by atoms with E-state index in [1.54, 1.807) is 11.3 Å². The van der Waals surface area contributed by atoms with Crippen LogP contribution in [0.5, 0.6) is 0 Å². The van der Waals surface area contributed by atoms with Crippen LogP contribution < -0.4 is 5.32 Å². The van der Waals surface area contributed by atoms with Gasteiger partial charge < -0.3 is 14.9 Å². The Balaban J connectivity index is 1.72. The van der Waals surface area contributed by atoms with Gasteiger partial charge >= 0.3 is 5.97 Å². The van der Waals surface area contributed by atoms with Crippen molar-refractivity contribution in [3.63, 3.8) is 0 Å². The molecule has 3 heterocycles. The Morgan fingerprint density at radius 1 is 1.65 bits per heavy atom. The molecule has 1 fully saturated rings. The number of aliphatic carboxylic acids is 1. The third kappa shape index (κ3) is 2.74. The number of aromatic nitrogens is 1. The molecule has 1 saturated heterocycles. The molecule has 1 unspecified atom stereocenters. The van der Waals surface area contributed by atoms with Crippen molar-refractivity contribution < 1.29 is 14.4 Å². The summed E-state index contributed by atoms with van der Waals surface area (Å²) in [6.07, 6.45) is 0. The van der Waals surface area contributed by atoms with E-state index in [4.69, 9.17) is 4.52 Å². The Hall–Kier alpha value is -1.70. The molecule has 0 amide bonds. The van der Waals surface area contributed by atoms with Crippen molar-refractivity contribution in [1.29, 1.82) is 0 Å². The van der Waals surface area contributed by atoms with Crippen LogP contribution in [-0.4, -0.2) is 46.8 Å². The van der Waals surface area contributed by atoms with Gasteiger partial charge in [0.1, 0.15) is 6.04 Å². The standard InChI is InChI=1S/C13H15N3O3S/c17-13(18)10-7-14-3-4-16(10)8-9-6-11(19-15-9)12-2-1-5-20-12/h1-2,5-6,10,14H,3-4,7-8H2,(H,17,18). The molecule has 3 rings (SSSR count). The molecule has 0 radical (unpaired) electrons. The average molecular weight is 293 g/mol. The second-order valence-electron chi connectivity index (χ2n) is 4.69. The van der Waals surface area contributed by atoms with Crippen LogP contribution in [0.1, 0.15) is 5.69 Å². The Kier molecular flexibility index (Phi) is 3.81. The van der Waals surface area contributed by atoms with Crippen molar-refractivity contribution in [2.75, 3.05) is 19.6 Å². The van der Waals surface area contributed by atoms with Crippen LogP contribution in [0.4, 0.5) is 0 Å². The lowest BCUT2D eigenvalue weighted by molar-refractivity contribution is -0.144. The third-order valence-corrected chi connectivity index (χ3v) is 4.21. The second kappa shape index (κ2) is 5.74. The summed E-state index contributed by atoms with van der Waals surface area (Å²) in [4.78, 5) is 14.2. The van der Waals surface area contributed by atoms with Crippen LogP contribution >= 0.6 is 11.3 Å². The first-order valence-corrected chi connectivity index (χ1v) is 7.29. The molecule has 0 aromatic carbocycles. The summed E-state index contributed by atoms with van der Waals surface area (Å²) in [6.45, 7) is 2.44. The number of piperazine rings is 1. The van der Waals surface area contributed by atoms with Gasteiger partial charge in [-0.05, 0) is 11.4 Å². The van der Waals surface area contributed by atoms with Gasteiger partial charge in [-0.1, -0.05) is 11.2 Å². The van der Waals surface area contributed by atoms with Crippen LogP contribution in [-0.2, 0) is 11.3 Å². The molecule has 106 valence electrons. The van der Waals surface area contributed by atoms with Crippen LogP contribution in [0.2, 0.25) is 0 Å². The Labute approximate surface area is 120 Å². The molecule has 2 aromatic rings. The Morgan fingerprint density at radius 2 is 2.55 bits per heavy atom. The van der Waals surface area contributed by atoms with E-state index in [0.29, 0.717) is 19.6 Å². The fraction of sp³-hybridized carbons (Fsp3) is 0.385. The number of hydrogen-bond donors (Lipinski definition) is 2. The highest BCUT2D eigenvalue weighted by molar-refractivity contribution is 7.13. The number of carboxylic acid groups (broad SMARTS) is 1. The lowest BCUT2D eigenvalue weighted by Gasteiger charge is -2.32. The summed E-state index contributed by atoms with van der Waals surface area (Å²) in [5, 5.41) is 18.3. The highest BCUT2D eigenvalue weighted by atomic mass is 32.1. The van der Waals surface area contributed by atoms with Crippen molar-refractivity contribution in [3.8, 4) is 10.6 Å². The first-order valence-electron chi connectivity index (χ1n) is 6.41. The number of hydrogen-bond acceptors (Lipinski definition) is 6. The van der Waals surface area contributed by atoms with Gasteiger partial charge in [0.15, 0.2) is 5.76 Å². The number of carboxylic acids is 1. The van der Waals surface area contributed by atoms with E-state index >= 15 is 0 Å². The van der Waals surface area contributed by atoms with E-state index in [-0.39, 0.29) is 0 Å². The van der Waals surface area contributed by atoms with Crippen LogP contribution in [0.3, 0.4) is 0 Å². The number of nitrogens with one attached hydrogen (secondary N) is 1. The normalized spacial score (nSPS) is 20.1. The van der Waals surface area contributed by atoms with Crippen molar-refractivity contribution in [2.45, 2.75) is 12.6 Å². The highest BCUT2D eigenvalue weighted by Gasteiger charge is 2.28. The van der Waals surface area contributed by atoms with Crippen molar-refractivity contribution >= 4 is 17.3 Å². The molecule has 1 aliphatic rings.